The molecule has 10 atom stereocenters. The predicted octanol–water partition coefficient (Wildman–Crippen LogP) is 0.144. The van der Waals surface area contributed by atoms with Crippen LogP contribution in [0, 0.1) is 5.92 Å². The Hall–Kier alpha value is -2.59. The summed E-state index contributed by atoms with van der Waals surface area (Å²) in [6.45, 7) is -7.41. The van der Waals surface area contributed by atoms with Gasteiger partial charge < -0.3 is 44.3 Å². The SMILES string of the molecule is CC1C2COP(O)(=S)OC3C(COP(O)(=S)OC1C(n1cnc4c(=O)[nH]c(N)nc41)O2)OC(n1cnc2c(N)ncnc21)C3F. The van der Waals surface area contributed by atoms with Gasteiger partial charge in [0.15, 0.2) is 41.3 Å². The number of hydrogen-bond acceptors (Lipinski definition) is 16. The van der Waals surface area contributed by atoms with Gasteiger partial charge >= 0.3 is 13.4 Å². The standard InChI is InChI=1S/C21H25FN10O9P2S2/c1-7-8-2-36-43(35,45)41-14-9(39-19(10(14)22)31-5-27-11-15(23)25-4-26-16(11)31)3-37-42(34,44)40-13(7)20(38-8)32-6-28-12-17(32)29-21(24)30-18(12)33/h4-10,13-14,19-20H,2-3H2,1H3,(H,34,44)(H,35,45)(H2,23,25,26)(H3,24,29,30,33). The highest BCUT2D eigenvalue weighted by Crippen LogP contribution is 2.55. The van der Waals surface area contributed by atoms with Crippen molar-refractivity contribution in [1.82, 2.24) is 39.0 Å². The van der Waals surface area contributed by atoms with Crippen LogP contribution in [0.25, 0.3) is 22.3 Å². The molecule has 10 unspecified atom stereocenters. The number of nitrogens with two attached hydrogens (primary N) is 2. The number of aromatic amines is 1. The van der Waals surface area contributed by atoms with Crippen molar-refractivity contribution in [2.24, 2.45) is 5.92 Å². The van der Waals surface area contributed by atoms with E-state index in [9.17, 15) is 14.6 Å². The number of nitrogens with one attached hydrogen (secondary N) is 1. The molecule has 0 radical (unpaired) electrons. The summed E-state index contributed by atoms with van der Waals surface area (Å²) in [5.74, 6) is -0.659. The molecule has 0 amide bonds. The van der Waals surface area contributed by atoms with Crippen LogP contribution in [0.5, 0.6) is 0 Å². The van der Waals surface area contributed by atoms with E-state index in [4.69, 9.17) is 62.6 Å². The Balaban J connectivity index is 1.21. The molecule has 24 heteroatoms. The van der Waals surface area contributed by atoms with Crippen molar-refractivity contribution in [2.45, 2.75) is 50.0 Å². The second kappa shape index (κ2) is 11.3. The number of nitrogens with zero attached hydrogens (tertiary/aromatic N) is 7. The minimum absolute atomic E-state index is 0.0215. The number of rotatable bonds is 2. The third kappa shape index (κ3) is 5.57. The van der Waals surface area contributed by atoms with E-state index in [1.807, 2.05) is 0 Å². The van der Waals surface area contributed by atoms with Gasteiger partial charge in [-0.25, -0.2) is 24.3 Å². The van der Waals surface area contributed by atoms with Crippen LogP contribution in [-0.2, 0) is 51.2 Å². The summed E-state index contributed by atoms with van der Waals surface area (Å²) < 4.78 is 53.7. The molecule has 4 aromatic rings. The first-order valence-corrected chi connectivity index (χ1v) is 18.4. The molecule has 0 aliphatic carbocycles. The van der Waals surface area contributed by atoms with Gasteiger partial charge in [0.05, 0.1) is 32.0 Å². The lowest BCUT2D eigenvalue weighted by Crippen LogP contribution is -2.34. The van der Waals surface area contributed by atoms with Crippen LogP contribution < -0.4 is 17.0 Å². The summed E-state index contributed by atoms with van der Waals surface area (Å²) in [4.78, 5) is 57.3. The van der Waals surface area contributed by atoms with Crippen LogP contribution in [-0.4, -0.2) is 92.6 Å². The Kier molecular flexibility index (Phi) is 7.78. The lowest BCUT2D eigenvalue weighted by molar-refractivity contribution is -0.0598. The summed E-state index contributed by atoms with van der Waals surface area (Å²) in [6, 6.07) is 0. The molecule has 3 aliphatic rings. The summed E-state index contributed by atoms with van der Waals surface area (Å²) >= 11 is 10.6. The molecule has 242 valence electrons. The van der Waals surface area contributed by atoms with Gasteiger partial charge in [0.1, 0.15) is 30.2 Å². The fourth-order valence-corrected chi connectivity index (χ4v) is 8.40. The number of ether oxygens (including phenoxy) is 2. The van der Waals surface area contributed by atoms with Crippen molar-refractivity contribution in [2.75, 3.05) is 24.7 Å². The number of alkyl halides is 1. The second-order valence-electron chi connectivity index (χ2n) is 10.5. The van der Waals surface area contributed by atoms with Crippen molar-refractivity contribution < 1.29 is 41.7 Å². The maximum atomic E-state index is 16.1. The van der Waals surface area contributed by atoms with E-state index in [1.165, 1.54) is 28.1 Å². The first kappa shape index (κ1) is 31.0. The van der Waals surface area contributed by atoms with Crippen LogP contribution in [0.2, 0.25) is 0 Å². The summed E-state index contributed by atoms with van der Waals surface area (Å²) in [5.41, 5.74) is 11.5. The van der Waals surface area contributed by atoms with Crippen LogP contribution in [0.4, 0.5) is 16.2 Å². The van der Waals surface area contributed by atoms with Crippen LogP contribution in [0.3, 0.4) is 0 Å². The molecule has 2 bridgehead atoms. The largest absolute Gasteiger partial charge is 0.382 e. The van der Waals surface area contributed by atoms with E-state index >= 15 is 4.39 Å². The van der Waals surface area contributed by atoms with Gasteiger partial charge in [-0.1, -0.05) is 6.92 Å². The first-order valence-electron chi connectivity index (χ1n) is 13.2. The topological polar surface area (TPSA) is 255 Å². The van der Waals surface area contributed by atoms with Crippen molar-refractivity contribution in [1.29, 1.82) is 0 Å². The van der Waals surface area contributed by atoms with E-state index in [0.717, 1.165) is 0 Å². The third-order valence-electron chi connectivity index (χ3n) is 7.67. The van der Waals surface area contributed by atoms with Gasteiger partial charge in [0.25, 0.3) is 5.56 Å². The fraction of sp³-hybridized carbons (Fsp3) is 0.524. The Morgan fingerprint density at radius 3 is 2.29 bits per heavy atom. The lowest BCUT2D eigenvalue weighted by Gasteiger charge is -2.28. The Morgan fingerprint density at radius 2 is 1.56 bits per heavy atom. The Morgan fingerprint density at radius 1 is 0.933 bits per heavy atom. The van der Waals surface area contributed by atoms with Crippen molar-refractivity contribution in [3.8, 4) is 0 Å². The number of anilines is 2. The molecule has 3 aliphatic heterocycles. The molecule has 0 saturated carbocycles. The zero-order valence-electron chi connectivity index (χ0n) is 22.9. The third-order valence-corrected chi connectivity index (χ3v) is 10.8. The average Bonchev–Trinajstić information content (AvgIpc) is 3.72. The van der Waals surface area contributed by atoms with Crippen LogP contribution in [0.15, 0.2) is 23.8 Å². The van der Waals surface area contributed by atoms with E-state index in [0.29, 0.717) is 0 Å². The minimum atomic E-state index is -4.15. The molecule has 7 rings (SSSR count). The number of imidazole rings is 2. The normalized spacial score (nSPS) is 37.7. The Bertz CT molecular complexity index is 1950. The van der Waals surface area contributed by atoms with Gasteiger partial charge in [-0.15, -0.1) is 0 Å². The number of nitrogen functional groups attached to an aromatic ring is 2. The summed E-state index contributed by atoms with van der Waals surface area (Å²) in [6.07, 6.45) is -5.31. The maximum Gasteiger partial charge on any atom is 0.325 e. The number of fused-ring (bicyclic) bond motifs is 5. The molecule has 0 aromatic carbocycles. The molecular formula is C21H25FN10O9P2S2. The highest BCUT2D eigenvalue weighted by Gasteiger charge is 2.52. The fourth-order valence-electron chi connectivity index (χ4n) is 5.48. The second-order valence-corrected chi connectivity index (χ2v) is 16.0. The van der Waals surface area contributed by atoms with Gasteiger partial charge in [0.2, 0.25) is 5.95 Å². The van der Waals surface area contributed by atoms with Crippen LogP contribution in [0.1, 0.15) is 19.4 Å². The molecule has 19 nitrogen and oxygen atoms in total. The zero-order chi connectivity index (χ0) is 31.8. The van der Waals surface area contributed by atoms with Gasteiger partial charge in [-0.2, -0.15) is 4.98 Å². The van der Waals surface area contributed by atoms with E-state index in [-0.39, 0.29) is 40.7 Å². The predicted molar refractivity (Wildman–Crippen MR) is 159 cm³/mol. The average molecular weight is 707 g/mol. The first-order chi connectivity index (χ1) is 21.3. The number of halogens is 1. The van der Waals surface area contributed by atoms with Gasteiger partial charge in [-0.05, 0) is 23.6 Å². The zero-order valence-corrected chi connectivity index (χ0v) is 26.3. The van der Waals surface area contributed by atoms with Crippen molar-refractivity contribution in [3.05, 3.63) is 29.3 Å². The number of hydrogen-bond donors (Lipinski definition) is 5. The molecule has 3 fully saturated rings. The Labute approximate surface area is 261 Å². The summed E-state index contributed by atoms with van der Waals surface area (Å²) in [7, 11) is 0. The van der Waals surface area contributed by atoms with E-state index in [2.05, 4.69) is 29.9 Å². The van der Waals surface area contributed by atoms with E-state index < -0.39 is 74.6 Å². The van der Waals surface area contributed by atoms with Crippen molar-refractivity contribution in [3.63, 3.8) is 0 Å². The molecule has 7 heterocycles. The van der Waals surface area contributed by atoms with Gasteiger partial charge in [-0.3, -0.25) is 23.4 Å². The molecular weight excluding hydrogens is 681 g/mol. The van der Waals surface area contributed by atoms with E-state index in [1.54, 1.807) is 6.92 Å². The summed E-state index contributed by atoms with van der Waals surface area (Å²) in [5, 5.41) is 0. The van der Waals surface area contributed by atoms with Crippen LogP contribution >= 0.6 is 13.4 Å². The molecule has 4 aromatic heterocycles. The molecule has 7 N–H and O–H groups in total. The quantitative estimate of drug-likeness (QED) is 0.174. The lowest BCUT2D eigenvalue weighted by atomic mass is 10.0. The highest BCUT2D eigenvalue weighted by molar-refractivity contribution is 8.07. The minimum Gasteiger partial charge on any atom is -0.382 e. The highest BCUT2D eigenvalue weighted by atomic mass is 32.5. The molecule has 3 saturated heterocycles. The smallest absolute Gasteiger partial charge is 0.325 e. The van der Waals surface area contributed by atoms with Crippen molar-refractivity contribution >= 4 is 71.1 Å². The number of H-pyrrole nitrogens is 1. The monoisotopic (exact) mass is 706 g/mol. The van der Waals surface area contributed by atoms with Gasteiger partial charge in [0, 0.05) is 5.92 Å². The number of aromatic nitrogens is 8. The molecule has 0 spiro atoms. The molecule has 45 heavy (non-hydrogen) atoms. The maximum absolute atomic E-state index is 16.1.